The van der Waals surface area contributed by atoms with Crippen molar-refractivity contribution in [3.8, 4) is 0 Å². The van der Waals surface area contributed by atoms with Gasteiger partial charge in [-0.25, -0.2) is 9.59 Å². The molecule has 2 heterocycles. The molecule has 1 saturated heterocycles. The monoisotopic (exact) mass is 429 g/mol. The zero-order valence-corrected chi connectivity index (χ0v) is 17.6. The number of unbranched alkanes of at least 4 members (excludes halogenated alkanes) is 1. The topological polar surface area (TPSA) is 105 Å². The molecule has 1 atom stereocenters. The number of carbonyl (C=O) groups is 4. The molecule has 158 valence electrons. The zero-order chi connectivity index (χ0) is 21.7. The largest absolute Gasteiger partial charge is 0.462 e. The van der Waals surface area contributed by atoms with E-state index >= 15 is 0 Å². The lowest BCUT2D eigenvalue weighted by Gasteiger charge is -2.20. The molecule has 1 aromatic heterocycles. The van der Waals surface area contributed by atoms with Gasteiger partial charge < -0.3 is 15.4 Å². The Bertz CT molecular complexity index is 942. The van der Waals surface area contributed by atoms with Gasteiger partial charge in [0.05, 0.1) is 12.2 Å². The van der Waals surface area contributed by atoms with Crippen molar-refractivity contribution in [2.75, 3.05) is 18.5 Å². The van der Waals surface area contributed by atoms with Crippen LogP contribution in [0.5, 0.6) is 0 Å². The number of urea groups is 1. The maximum atomic E-state index is 12.8. The number of hydrogen-bond donors (Lipinski definition) is 2. The van der Waals surface area contributed by atoms with E-state index in [9.17, 15) is 19.2 Å². The molecular weight excluding hydrogens is 406 g/mol. The normalized spacial score (nSPS) is 18.3. The van der Waals surface area contributed by atoms with Crippen molar-refractivity contribution in [1.29, 1.82) is 0 Å². The Morgan fingerprint density at radius 2 is 1.93 bits per heavy atom. The Morgan fingerprint density at radius 1 is 1.20 bits per heavy atom. The molecule has 0 bridgehead atoms. The molecule has 1 aromatic carbocycles. The first-order valence-corrected chi connectivity index (χ1v) is 10.5. The molecule has 0 radical (unpaired) electrons. The van der Waals surface area contributed by atoms with Crippen molar-refractivity contribution < 1.29 is 23.9 Å². The van der Waals surface area contributed by atoms with Crippen molar-refractivity contribution >= 4 is 40.8 Å². The SMILES string of the molecule is CCCCOC(=O)c1ccc(NC(=O)CN2C(=O)NC(C)(c3ccsc3)C2=O)cc1. The van der Waals surface area contributed by atoms with Crippen molar-refractivity contribution in [2.24, 2.45) is 0 Å². The molecule has 0 aliphatic carbocycles. The van der Waals surface area contributed by atoms with Crippen LogP contribution >= 0.6 is 11.3 Å². The van der Waals surface area contributed by atoms with Crippen LogP contribution in [-0.2, 0) is 19.9 Å². The second kappa shape index (κ2) is 9.08. The molecule has 1 unspecified atom stereocenters. The molecule has 2 aromatic rings. The van der Waals surface area contributed by atoms with Crippen LogP contribution in [0.2, 0.25) is 0 Å². The molecule has 8 nitrogen and oxygen atoms in total. The molecule has 4 amide bonds. The minimum absolute atomic E-state index is 0.365. The first kappa shape index (κ1) is 21.5. The molecule has 9 heteroatoms. The third-order valence-electron chi connectivity index (χ3n) is 4.81. The van der Waals surface area contributed by atoms with E-state index in [0.717, 1.165) is 17.7 Å². The third-order valence-corrected chi connectivity index (χ3v) is 5.49. The number of ether oxygens (including phenoxy) is 1. The second-order valence-corrected chi connectivity index (χ2v) is 7.85. The number of imide groups is 1. The maximum Gasteiger partial charge on any atom is 0.338 e. The van der Waals surface area contributed by atoms with E-state index in [-0.39, 0.29) is 0 Å². The Balaban J connectivity index is 1.58. The summed E-state index contributed by atoms with van der Waals surface area (Å²) in [7, 11) is 0. The number of amides is 4. The van der Waals surface area contributed by atoms with Crippen LogP contribution < -0.4 is 10.6 Å². The molecular formula is C21H23N3O5S. The first-order valence-electron chi connectivity index (χ1n) is 9.59. The fourth-order valence-electron chi connectivity index (χ4n) is 3.01. The van der Waals surface area contributed by atoms with E-state index in [1.54, 1.807) is 42.6 Å². The molecule has 1 aliphatic rings. The summed E-state index contributed by atoms with van der Waals surface area (Å²) in [5.41, 5.74) is 0.314. The standard InChI is InChI=1S/C21H23N3O5S/c1-3-4-10-29-18(26)14-5-7-16(8-6-14)22-17(25)12-24-19(27)21(2,23-20(24)28)15-9-11-30-13-15/h5-9,11,13H,3-4,10,12H2,1-2H3,(H,22,25)(H,23,28). The summed E-state index contributed by atoms with van der Waals surface area (Å²) in [5, 5.41) is 8.89. The predicted octanol–water partition coefficient (Wildman–Crippen LogP) is 3.11. The number of thiophene rings is 1. The summed E-state index contributed by atoms with van der Waals surface area (Å²) in [6.45, 7) is 3.58. The Kier molecular flexibility index (Phi) is 6.51. The molecule has 0 saturated carbocycles. The van der Waals surface area contributed by atoms with E-state index < -0.39 is 35.9 Å². The van der Waals surface area contributed by atoms with Gasteiger partial charge in [-0.1, -0.05) is 13.3 Å². The van der Waals surface area contributed by atoms with Gasteiger partial charge in [0.2, 0.25) is 5.91 Å². The number of benzene rings is 1. The maximum absolute atomic E-state index is 12.8. The fourth-order valence-corrected chi connectivity index (χ4v) is 3.78. The van der Waals surface area contributed by atoms with Gasteiger partial charge >= 0.3 is 12.0 Å². The van der Waals surface area contributed by atoms with Gasteiger partial charge in [-0.15, -0.1) is 0 Å². The molecule has 30 heavy (non-hydrogen) atoms. The van der Waals surface area contributed by atoms with Crippen molar-refractivity contribution in [3.05, 3.63) is 52.2 Å². The number of hydrogen-bond acceptors (Lipinski definition) is 6. The lowest BCUT2D eigenvalue weighted by Crippen LogP contribution is -2.41. The average molecular weight is 429 g/mol. The third kappa shape index (κ3) is 4.51. The quantitative estimate of drug-likeness (QED) is 0.381. The Hall–Kier alpha value is -3.20. The van der Waals surface area contributed by atoms with E-state index in [0.29, 0.717) is 23.4 Å². The number of rotatable bonds is 8. The number of nitrogens with zero attached hydrogens (tertiary/aromatic N) is 1. The van der Waals surface area contributed by atoms with Gasteiger partial charge in [0, 0.05) is 5.69 Å². The minimum Gasteiger partial charge on any atom is -0.462 e. The van der Waals surface area contributed by atoms with E-state index in [1.807, 2.05) is 12.3 Å². The summed E-state index contributed by atoms with van der Waals surface area (Å²) in [6, 6.07) is 7.37. The van der Waals surface area contributed by atoms with E-state index in [1.165, 1.54) is 11.3 Å². The summed E-state index contributed by atoms with van der Waals surface area (Å²) >= 11 is 1.42. The van der Waals surface area contributed by atoms with Crippen LogP contribution in [0.3, 0.4) is 0 Å². The fraction of sp³-hybridized carbons (Fsp3) is 0.333. The Labute approximate surface area is 178 Å². The summed E-state index contributed by atoms with van der Waals surface area (Å²) in [6.07, 6.45) is 1.73. The van der Waals surface area contributed by atoms with Gasteiger partial charge in [-0.2, -0.15) is 11.3 Å². The molecule has 0 spiro atoms. The smallest absolute Gasteiger partial charge is 0.338 e. The van der Waals surface area contributed by atoms with Gasteiger partial charge in [-0.05, 0) is 60.0 Å². The average Bonchev–Trinajstić information content (AvgIpc) is 3.33. The van der Waals surface area contributed by atoms with E-state index in [2.05, 4.69) is 10.6 Å². The highest BCUT2D eigenvalue weighted by atomic mass is 32.1. The number of carbonyl (C=O) groups excluding carboxylic acids is 4. The second-order valence-electron chi connectivity index (χ2n) is 7.07. The first-order chi connectivity index (χ1) is 14.3. The predicted molar refractivity (Wildman–Crippen MR) is 112 cm³/mol. The number of anilines is 1. The summed E-state index contributed by atoms with van der Waals surface area (Å²) in [5.74, 6) is -1.43. The highest BCUT2D eigenvalue weighted by Gasteiger charge is 2.49. The van der Waals surface area contributed by atoms with Crippen molar-refractivity contribution in [3.63, 3.8) is 0 Å². The highest BCUT2D eigenvalue weighted by Crippen LogP contribution is 2.30. The lowest BCUT2D eigenvalue weighted by atomic mass is 9.95. The zero-order valence-electron chi connectivity index (χ0n) is 16.8. The van der Waals surface area contributed by atoms with Crippen LogP contribution in [0.25, 0.3) is 0 Å². The lowest BCUT2D eigenvalue weighted by molar-refractivity contribution is -0.133. The molecule has 1 fully saturated rings. The van der Waals surface area contributed by atoms with Crippen LogP contribution in [0.4, 0.5) is 10.5 Å². The number of esters is 1. The summed E-state index contributed by atoms with van der Waals surface area (Å²) in [4.78, 5) is 50.2. The van der Waals surface area contributed by atoms with E-state index in [4.69, 9.17) is 4.74 Å². The van der Waals surface area contributed by atoms with Crippen molar-refractivity contribution in [1.82, 2.24) is 10.2 Å². The van der Waals surface area contributed by atoms with Gasteiger partial charge in [0.1, 0.15) is 12.1 Å². The van der Waals surface area contributed by atoms with Gasteiger partial charge in [0.15, 0.2) is 0 Å². The Morgan fingerprint density at radius 3 is 2.57 bits per heavy atom. The molecule has 1 aliphatic heterocycles. The van der Waals surface area contributed by atoms with Gasteiger partial charge in [-0.3, -0.25) is 14.5 Å². The van der Waals surface area contributed by atoms with Crippen molar-refractivity contribution in [2.45, 2.75) is 32.2 Å². The van der Waals surface area contributed by atoms with Crippen LogP contribution in [0.15, 0.2) is 41.1 Å². The van der Waals surface area contributed by atoms with Crippen LogP contribution in [0.1, 0.15) is 42.6 Å². The van der Waals surface area contributed by atoms with Crippen LogP contribution in [0, 0.1) is 0 Å². The minimum atomic E-state index is -1.18. The number of nitrogens with one attached hydrogen (secondary N) is 2. The van der Waals surface area contributed by atoms with Gasteiger partial charge in [0.25, 0.3) is 5.91 Å². The molecule has 3 rings (SSSR count). The highest BCUT2D eigenvalue weighted by molar-refractivity contribution is 7.08. The summed E-state index contributed by atoms with van der Waals surface area (Å²) < 4.78 is 5.14. The van der Waals surface area contributed by atoms with Crippen LogP contribution in [-0.4, -0.2) is 41.9 Å². The molecule has 2 N–H and O–H groups in total.